The molecule has 1 N–H and O–H groups in total. The van der Waals surface area contributed by atoms with Crippen molar-refractivity contribution in [2.75, 3.05) is 19.6 Å². The van der Waals surface area contributed by atoms with Gasteiger partial charge in [-0.05, 0) is 50.4 Å². The molecule has 0 spiro atoms. The quantitative estimate of drug-likeness (QED) is 0.882. The first-order chi connectivity index (χ1) is 9.06. The Morgan fingerprint density at radius 1 is 1.26 bits per heavy atom. The lowest BCUT2D eigenvalue weighted by Gasteiger charge is -2.35. The van der Waals surface area contributed by atoms with Crippen LogP contribution in [0.4, 0.5) is 4.39 Å². The maximum atomic E-state index is 13.0. The van der Waals surface area contributed by atoms with Gasteiger partial charge < -0.3 is 5.32 Å². The molecule has 0 bridgehead atoms. The van der Waals surface area contributed by atoms with Gasteiger partial charge in [0.15, 0.2) is 0 Å². The Hall–Kier alpha value is -0.930. The molecule has 2 nitrogen and oxygen atoms in total. The van der Waals surface area contributed by atoms with Crippen molar-refractivity contribution >= 4 is 0 Å². The van der Waals surface area contributed by atoms with Gasteiger partial charge in [-0.2, -0.15) is 0 Å². The summed E-state index contributed by atoms with van der Waals surface area (Å²) in [6.07, 6.45) is 1.16. The van der Waals surface area contributed by atoms with E-state index in [-0.39, 0.29) is 5.82 Å². The van der Waals surface area contributed by atoms with E-state index in [2.05, 4.69) is 31.0 Å². The van der Waals surface area contributed by atoms with Crippen LogP contribution in [0, 0.1) is 11.7 Å². The molecule has 19 heavy (non-hydrogen) atoms. The number of nitrogens with zero attached hydrogens (tertiary/aromatic N) is 1. The average Bonchev–Trinajstić information content (AvgIpc) is 2.39. The summed E-state index contributed by atoms with van der Waals surface area (Å²) in [6.45, 7) is 10.0. The van der Waals surface area contributed by atoms with Gasteiger partial charge in [-0.1, -0.05) is 19.1 Å². The Morgan fingerprint density at radius 3 is 2.63 bits per heavy atom. The lowest BCUT2D eigenvalue weighted by atomic mass is 10.0. The molecular weight excluding hydrogens is 239 g/mol. The van der Waals surface area contributed by atoms with Gasteiger partial charge in [0.05, 0.1) is 0 Å². The summed E-state index contributed by atoms with van der Waals surface area (Å²) in [5, 5.41) is 3.56. The van der Waals surface area contributed by atoms with Crippen LogP contribution in [0.2, 0.25) is 0 Å². The van der Waals surface area contributed by atoms with Crippen LogP contribution < -0.4 is 5.32 Å². The van der Waals surface area contributed by atoms with Gasteiger partial charge in [0.25, 0.3) is 0 Å². The minimum Gasteiger partial charge on any atom is -0.314 e. The zero-order chi connectivity index (χ0) is 13.8. The number of benzene rings is 1. The van der Waals surface area contributed by atoms with Crippen LogP contribution in [0.15, 0.2) is 24.3 Å². The molecule has 1 aromatic rings. The molecule has 1 aromatic carbocycles. The van der Waals surface area contributed by atoms with E-state index in [0.717, 1.165) is 26.1 Å². The minimum absolute atomic E-state index is 0.158. The second kappa shape index (κ2) is 6.49. The molecule has 0 radical (unpaired) electrons. The van der Waals surface area contributed by atoms with Crippen LogP contribution in [0.25, 0.3) is 0 Å². The maximum Gasteiger partial charge on any atom is 0.123 e. The molecule has 1 aliphatic heterocycles. The molecule has 1 fully saturated rings. The Labute approximate surface area is 116 Å². The van der Waals surface area contributed by atoms with E-state index in [4.69, 9.17) is 0 Å². The molecule has 1 heterocycles. The van der Waals surface area contributed by atoms with E-state index < -0.39 is 0 Å². The highest BCUT2D eigenvalue weighted by atomic mass is 19.1. The van der Waals surface area contributed by atoms with Crippen LogP contribution in [0.3, 0.4) is 0 Å². The highest BCUT2D eigenvalue weighted by Crippen LogP contribution is 2.23. The first-order valence-corrected chi connectivity index (χ1v) is 7.29. The van der Waals surface area contributed by atoms with Gasteiger partial charge >= 0.3 is 0 Å². The van der Waals surface area contributed by atoms with Gasteiger partial charge in [-0.3, -0.25) is 4.90 Å². The third kappa shape index (κ3) is 4.02. The second-order valence-corrected chi connectivity index (χ2v) is 5.93. The predicted molar refractivity (Wildman–Crippen MR) is 77.6 cm³/mol. The first-order valence-electron chi connectivity index (χ1n) is 7.29. The zero-order valence-electron chi connectivity index (χ0n) is 12.2. The van der Waals surface area contributed by atoms with E-state index in [1.807, 2.05) is 12.1 Å². The van der Waals surface area contributed by atoms with Crippen molar-refractivity contribution in [3.8, 4) is 0 Å². The van der Waals surface area contributed by atoms with Crippen molar-refractivity contribution in [1.29, 1.82) is 0 Å². The van der Waals surface area contributed by atoms with Gasteiger partial charge in [0.1, 0.15) is 5.82 Å². The Bertz CT molecular complexity index is 390. The number of rotatable bonds is 2. The van der Waals surface area contributed by atoms with E-state index in [0.29, 0.717) is 18.0 Å². The monoisotopic (exact) mass is 264 g/mol. The van der Waals surface area contributed by atoms with Crippen LogP contribution >= 0.6 is 0 Å². The van der Waals surface area contributed by atoms with Crippen molar-refractivity contribution in [1.82, 2.24) is 10.2 Å². The predicted octanol–water partition coefficient (Wildman–Crippen LogP) is 3.21. The fraction of sp³-hybridized carbons (Fsp3) is 0.625. The summed E-state index contributed by atoms with van der Waals surface area (Å²) >= 11 is 0. The molecule has 3 unspecified atom stereocenters. The molecule has 2 rings (SSSR count). The Kier molecular flexibility index (Phi) is 4.94. The summed E-state index contributed by atoms with van der Waals surface area (Å²) < 4.78 is 13.0. The van der Waals surface area contributed by atoms with Crippen molar-refractivity contribution < 1.29 is 4.39 Å². The molecule has 0 saturated carbocycles. The average molecular weight is 264 g/mol. The summed E-state index contributed by atoms with van der Waals surface area (Å²) in [4.78, 5) is 2.52. The van der Waals surface area contributed by atoms with E-state index in [9.17, 15) is 4.39 Å². The van der Waals surface area contributed by atoms with E-state index in [1.165, 1.54) is 5.56 Å². The summed E-state index contributed by atoms with van der Waals surface area (Å²) in [6, 6.07) is 7.86. The van der Waals surface area contributed by atoms with E-state index in [1.54, 1.807) is 12.1 Å². The Morgan fingerprint density at radius 2 is 1.95 bits per heavy atom. The highest BCUT2D eigenvalue weighted by molar-refractivity contribution is 5.19. The topological polar surface area (TPSA) is 15.3 Å². The molecular formula is C16H25FN2. The van der Waals surface area contributed by atoms with Crippen LogP contribution in [0.5, 0.6) is 0 Å². The molecule has 0 aliphatic carbocycles. The zero-order valence-corrected chi connectivity index (χ0v) is 12.2. The number of halogens is 1. The molecule has 1 saturated heterocycles. The van der Waals surface area contributed by atoms with Crippen molar-refractivity contribution in [2.45, 2.75) is 39.3 Å². The van der Waals surface area contributed by atoms with Crippen molar-refractivity contribution in [3.05, 3.63) is 35.6 Å². The standard InChI is InChI=1S/C16H25FN2/c1-12-10-18-13(2)8-9-19(11-12)14(3)15-4-6-16(17)7-5-15/h4-7,12-14,18H,8-11H2,1-3H3. The third-order valence-corrected chi connectivity index (χ3v) is 4.11. The second-order valence-electron chi connectivity index (χ2n) is 5.93. The maximum absolute atomic E-state index is 13.0. The number of hydrogen-bond donors (Lipinski definition) is 1. The molecule has 0 amide bonds. The largest absolute Gasteiger partial charge is 0.314 e. The van der Waals surface area contributed by atoms with Gasteiger partial charge in [0.2, 0.25) is 0 Å². The normalized spacial score (nSPS) is 27.6. The van der Waals surface area contributed by atoms with Gasteiger partial charge in [0, 0.05) is 25.2 Å². The highest BCUT2D eigenvalue weighted by Gasteiger charge is 2.21. The Balaban J connectivity index is 2.07. The summed E-state index contributed by atoms with van der Waals surface area (Å²) in [5.74, 6) is 0.487. The van der Waals surface area contributed by atoms with Crippen LogP contribution in [-0.4, -0.2) is 30.6 Å². The first kappa shape index (κ1) is 14.5. The number of nitrogens with one attached hydrogen (secondary N) is 1. The van der Waals surface area contributed by atoms with Crippen LogP contribution in [-0.2, 0) is 0 Å². The van der Waals surface area contributed by atoms with Gasteiger partial charge in [-0.15, -0.1) is 0 Å². The molecule has 3 atom stereocenters. The lowest BCUT2D eigenvalue weighted by molar-refractivity contribution is 0.156. The lowest BCUT2D eigenvalue weighted by Crippen LogP contribution is -2.43. The fourth-order valence-electron chi connectivity index (χ4n) is 2.72. The van der Waals surface area contributed by atoms with Crippen LogP contribution in [0.1, 0.15) is 38.8 Å². The molecule has 3 heteroatoms. The van der Waals surface area contributed by atoms with E-state index >= 15 is 0 Å². The fourth-order valence-corrected chi connectivity index (χ4v) is 2.72. The summed E-state index contributed by atoms with van der Waals surface area (Å²) in [7, 11) is 0. The number of hydrogen-bond acceptors (Lipinski definition) is 2. The molecule has 1 aliphatic rings. The molecule has 0 aromatic heterocycles. The third-order valence-electron chi connectivity index (χ3n) is 4.11. The van der Waals surface area contributed by atoms with Crippen molar-refractivity contribution in [2.24, 2.45) is 5.92 Å². The smallest absolute Gasteiger partial charge is 0.123 e. The molecule has 106 valence electrons. The SMILES string of the molecule is CC1CNC(C)CCN(C(C)c2ccc(F)cc2)C1. The summed E-state index contributed by atoms with van der Waals surface area (Å²) in [5.41, 5.74) is 1.20. The van der Waals surface area contributed by atoms with Crippen molar-refractivity contribution in [3.63, 3.8) is 0 Å². The minimum atomic E-state index is -0.158. The van der Waals surface area contributed by atoms with Gasteiger partial charge in [-0.25, -0.2) is 4.39 Å².